The Balaban J connectivity index is 1.78. The fraction of sp³-hybridized carbons (Fsp3) is 0.647. The van der Waals surface area contributed by atoms with Crippen LogP contribution in [0.4, 0.5) is 0 Å². The van der Waals surface area contributed by atoms with Gasteiger partial charge in [-0.25, -0.2) is 0 Å². The molecular formula is C17H27NO2. The number of aryl methyl sites for hydroxylation is 2. The molecule has 0 aliphatic carbocycles. The van der Waals surface area contributed by atoms with Gasteiger partial charge in [-0.2, -0.15) is 0 Å². The number of β-amino-alcohol motifs (C(OH)–C–C–N with tert-alkyl or cyclic N) is 1. The lowest BCUT2D eigenvalue weighted by atomic mass is 10.0. The molecule has 20 heavy (non-hydrogen) atoms. The van der Waals surface area contributed by atoms with Gasteiger partial charge in [-0.3, -0.25) is 0 Å². The van der Waals surface area contributed by atoms with Gasteiger partial charge >= 0.3 is 0 Å². The van der Waals surface area contributed by atoms with E-state index < -0.39 is 6.10 Å². The largest absolute Gasteiger partial charge is 0.491 e. The second-order valence-corrected chi connectivity index (χ2v) is 6.24. The van der Waals surface area contributed by atoms with Crippen molar-refractivity contribution < 1.29 is 9.84 Å². The molecule has 0 amide bonds. The van der Waals surface area contributed by atoms with Crippen LogP contribution in [0.3, 0.4) is 0 Å². The fourth-order valence-corrected chi connectivity index (χ4v) is 2.95. The van der Waals surface area contributed by atoms with Gasteiger partial charge in [0.25, 0.3) is 0 Å². The summed E-state index contributed by atoms with van der Waals surface area (Å²) in [5.41, 5.74) is 2.36. The Bertz CT molecular complexity index is 433. The molecule has 0 spiro atoms. The maximum Gasteiger partial charge on any atom is 0.122 e. The topological polar surface area (TPSA) is 32.7 Å². The zero-order chi connectivity index (χ0) is 14.5. The lowest BCUT2D eigenvalue weighted by Crippen LogP contribution is -2.41. The molecule has 2 atom stereocenters. The molecule has 0 unspecified atom stereocenters. The minimum Gasteiger partial charge on any atom is -0.491 e. The van der Waals surface area contributed by atoms with Crippen molar-refractivity contribution in [2.75, 3.05) is 26.2 Å². The molecule has 1 aliphatic heterocycles. The average Bonchev–Trinajstić information content (AvgIpc) is 2.37. The van der Waals surface area contributed by atoms with Crippen molar-refractivity contribution in [3.63, 3.8) is 0 Å². The van der Waals surface area contributed by atoms with Gasteiger partial charge in [0.05, 0.1) is 0 Å². The van der Waals surface area contributed by atoms with Gasteiger partial charge in [0.1, 0.15) is 18.5 Å². The molecule has 1 aliphatic rings. The Morgan fingerprint density at radius 1 is 1.40 bits per heavy atom. The van der Waals surface area contributed by atoms with E-state index in [-0.39, 0.29) is 0 Å². The van der Waals surface area contributed by atoms with Gasteiger partial charge in [-0.05, 0) is 50.8 Å². The van der Waals surface area contributed by atoms with Crippen molar-refractivity contribution in [3.8, 4) is 5.75 Å². The molecule has 3 heteroatoms. The molecule has 1 heterocycles. The summed E-state index contributed by atoms with van der Waals surface area (Å²) in [6, 6.07) is 6.13. The van der Waals surface area contributed by atoms with E-state index in [1.54, 1.807) is 0 Å². The summed E-state index contributed by atoms with van der Waals surface area (Å²) in [5.74, 6) is 1.62. The number of hydrogen-bond donors (Lipinski definition) is 1. The van der Waals surface area contributed by atoms with Crippen LogP contribution in [0.15, 0.2) is 18.2 Å². The van der Waals surface area contributed by atoms with Crippen LogP contribution in [0.25, 0.3) is 0 Å². The van der Waals surface area contributed by atoms with Crippen molar-refractivity contribution in [2.24, 2.45) is 5.92 Å². The molecule has 0 aromatic heterocycles. The summed E-state index contributed by atoms with van der Waals surface area (Å²) in [6.45, 7) is 9.69. The van der Waals surface area contributed by atoms with Crippen LogP contribution >= 0.6 is 0 Å². The highest BCUT2D eigenvalue weighted by Gasteiger charge is 2.19. The van der Waals surface area contributed by atoms with E-state index in [2.05, 4.69) is 24.8 Å². The normalized spacial score (nSPS) is 21.7. The number of piperidine rings is 1. The summed E-state index contributed by atoms with van der Waals surface area (Å²) in [6.07, 6.45) is 2.14. The van der Waals surface area contributed by atoms with E-state index >= 15 is 0 Å². The summed E-state index contributed by atoms with van der Waals surface area (Å²) in [7, 11) is 0. The highest BCUT2D eigenvalue weighted by atomic mass is 16.5. The van der Waals surface area contributed by atoms with Crippen LogP contribution < -0.4 is 4.74 Å². The third-order valence-corrected chi connectivity index (χ3v) is 3.97. The van der Waals surface area contributed by atoms with E-state index in [9.17, 15) is 5.11 Å². The number of aliphatic hydroxyl groups is 1. The van der Waals surface area contributed by atoms with Gasteiger partial charge in [0.2, 0.25) is 0 Å². The van der Waals surface area contributed by atoms with Crippen LogP contribution in [0.1, 0.15) is 30.9 Å². The molecule has 3 nitrogen and oxygen atoms in total. The lowest BCUT2D eigenvalue weighted by Gasteiger charge is -2.32. The summed E-state index contributed by atoms with van der Waals surface area (Å²) in [4.78, 5) is 2.35. The van der Waals surface area contributed by atoms with Crippen molar-refractivity contribution in [3.05, 3.63) is 29.3 Å². The Morgan fingerprint density at radius 3 is 2.90 bits per heavy atom. The fourth-order valence-electron chi connectivity index (χ4n) is 2.95. The highest BCUT2D eigenvalue weighted by molar-refractivity contribution is 5.35. The van der Waals surface area contributed by atoms with Gasteiger partial charge in [0.15, 0.2) is 0 Å². The summed E-state index contributed by atoms with van der Waals surface area (Å²) >= 11 is 0. The monoisotopic (exact) mass is 277 g/mol. The van der Waals surface area contributed by atoms with Gasteiger partial charge in [0, 0.05) is 13.1 Å². The minimum atomic E-state index is -0.416. The number of benzene rings is 1. The predicted octanol–water partition coefficient (Wildman–Crippen LogP) is 2.78. The SMILES string of the molecule is Cc1ccc(OC[C@H](O)CN2CCC[C@H](C)C2)c(C)c1. The van der Waals surface area contributed by atoms with Gasteiger partial charge < -0.3 is 14.7 Å². The number of likely N-dealkylation sites (tertiary alicyclic amines) is 1. The van der Waals surface area contributed by atoms with Gasteiger partial charge in [-0.1, -0.05) is 24.6 Å². The molecule has 1 saturated heterocycles. The molecule has 1 fully saturated rings. The van der Waals surface area contributed by atoms with E-state index in [4.69, 9.17) is 4.74 Å². The van der Waals surface area contributed by atoms with Gasteiger partial charge in [-0.15, -0.1) is 0 Å². The predicted molar refractivity (Wildman–Crippen MR) is 82.3 cm³/mol. The minimum absolute atomic E-state index is 0.370. The van der Waals surface area contributed by atoms with Crippen LogP contribution in [0.5, 0.6) is 5.75 Å². The molecule has 1 aromatic carbocycles. The Morgan fingerprint density at radius 2 is 2.20 bits per heavy atom. The lowest BCUT2D eigenvalue weighted by molar-refractivity contribution is 0.0535. The first-order valence-corrected chi connectivity index (χ1v) is 7.65. The Labute approximate surface area is 122 Å². The average molecular weight is 277 g/mol. The van der Waals surface area contributed by atoms with E-state index in [1.807, 2.05) is 19.1 Å². The van der Waals surface area contributed by atoms with E-state index in [0.29, 0.717) is 6.61 Å². The number of rotatable bonds is 5. The molecule has 2 rings (SSSR count). The van der Waals surface area contributed by atoms with Crippen LogP contribution in [-0.4, -0.2) is 42.4 Å². The highest BCUT2D eigenvalue weighted by Crippen LogP contribution is 2.19. The quantitative estimate of drug-likeness (QED) is 0.898. The van der Waals surface area contributed by atoms with Crippen LogP contribution in [0, 0.1) is 19.8 Å². The van der Waals surface area contributed by atoms with Crippen molar-refractivity contribution in [2.45, 2.75) is 39.7 Å². The number of hydrogen-bond acceptors (Lipinski definition) is 3. The van der Waals surface area contributed by atoms with Crippen molar-refractivity contribution in [1.29, 1.82) is 0 Å². The Kier molecular flexibility index (Phi) is 5.44. The molecule has 112 valence electrons. The van der Waals surface area contributed by atoms with Crippen LogP contribution in [0.2, 0.25) is 0 Å². The summed E-state index contributed by atoms with van der Waals surface area (Å²) in [5, 5.41) is 10.1. The number of nitrogens with zero attached hydrogens (tertiary/aromatic N) is 1. The third-order valence-electron chi connectivity index (χ3n) is 3.97. The first-order chi connectivity index (χ1) is 9.54. The molecule has 0 radical (unpaired) electrons. The number of ether oxygens (including phenoxy) is 1. The maximum atomic E-state index is 10.1. The molecular weight excluding hydrogens is 250 g/mol. The van der Waals surface area contributed by atoms with E-state index in [1.165, 1.54) is 18.4 Å². The maximum absolute atomic E-state index is 10.1. The second kappa shape index (κ2) is 7.09. The molecule has 1 aromatic rings. The smallest absolute Gasteiger partial charge is 0.122 e. The number of aliphatic hydroxyl groups excluding tert-OH is 1. The summed E-state index contributed by atoms with van der Waals surface area (Å²) < 4.78 is 5.75. The molecule has 1 N–H and O–H groups in total. The Hall–Kier alpha value is -1.06. The molecule has 0 saturated carbocycles. The second-order valence-electron chi connectivity index (χ2n) is 6.24. The first kappa shape index (κ1) is 15.3. The molecule has 0 bridgehead atoms. The zero-order valence-corrected chi connectivity index (χ0v) is 12.9. The van der Waals surface area contributed by atoms with Crippen molar-refractivity contribution >= 4 is 0 Å². The first-order valence-electron chi connectivity index (χ1n) is 7.65. The third kappa shape index (κ3) is 4.50. The standard InChI is InChI=1S/C17H27NO2/c1-13-6-7-17(15(3)9-13)20-12-16(19)11-18-8-4-5-14(2)10-18/h6-7,9,14,16,19H,4-5,8,10-12H2,1-3H3/t14-,16+/m0/s1. The zero-order valence-electron chi connectivity index (χ0n) is 12.9. The van der Waals surface area contributed by atoms with E-state index in [0.717, 1.165) is 36.9 Å². The van der Waals surface area contributed by atoms with Crippen molar-refractivity contribution in [1.82, 2.24) is 4.90 Å². The van der Waals surface area contributed by atoms with Crippen LogP contribution in [-0.2, 0) is 0 Å².